The van der Waals surface area contributed by atoms with E-state index in [1.165, 1.54) is 19.2 Å². The largest absolute Gasteiger partial charge is 0.457 e. The minimum Gasteiger partial charge on any atom is -0.457 e. The van der Waals surface area contributed by atoms with Gasteiger partial charge >= 0.3 is 22.4 Å². The van der Waals surface area contributed by atoms with Gasteiger partial charge in [0.15, 0.2) is 10.8 Å². The molecule has 16 nitrogen and oxygen atoms in total. The molecule has 36 heavy (non-hydrogen) atoms. The van der Waals surface area contributed by atoms with Crippen LogP contribution in [0.5, 0.6) is 0 Å². The van der Waals surface area contributed by atoms with Gasteiger partial charge < -0.3 is 31.1 Å². The first-order chi connectivity index (χ1) is 16.3. The van der Waals surface area contributed by atoms with E-state index in [-0.39, 0.29) is 15.1 Å². The van der Waals surface area contributed by atoms with Crippen LogP contribution in [0.3, 0.4) is 0 Å². The van der Waals surface area contributed by atoms with E-state index >= 15 is 0 Å². The molecule has 1 aromatic rings. The highest BCUT2D eigenvalue weighted by Crippen LogP contribution is 2.25. The fourth-order valence-corrected chi connectivity index (χ4v) is 4.11. The van der Waals surface area contributed by atoms with Gasteiger partial charge in [0.2, 0.25) is 5.60 Å². The molecule has 0 saturated carbocycles. The van der Waals surface area contributed by atoms with Crippen molar-refractivity contribution in [3.8, 4) is 0 Å². The molecule has 3 amide bonds. The Kier molecular flexibility index (Phi) is 8.16. The average Bonchev–Trinajstić information content (AvgIpc) is 3.12. The number of thiazole rings is 1. The van der Waals surface area contributed by atoms with E-state index < -0.39 is 69.8 Å². The molecule has 1 saturated heterocycles. The Labute approximate surface area is 209 Å². The second kappa shape index (κ2) is 10.2. The number of carbonyl (C=O) groups is 4. The zero-order valence-electron chi connectivity index (χ0n) is 19.9. The van der Waals surface area contributed by atoms with Gasteiger partial charge in [0.05, 0.1) is 0 Å². The molecule has 2 atom stereocenters. The number of oxime groups is 1. The lowest BCUT2D eigenvalue weighted by Gasteiger charge is -2.43. The predicted molar refractivity (Wildman–Crippen MR) is 124 cm³/mol. The highest BCUT2D eigenvalue weighted by Gasteiger charge is 2.55. The molecule has 2 heterocycles. The van der Waals surface area contributed by atoms with Crippen molar-refractivity contribution in [1.29, 1.82) is 0 Å². The number of hydrogen-bond donors (Lipinski definition) is 4. The summed E-state index contributed by atoms with van der Waals surface area (Å²) in [6.07, 6.45) is -1.28. The number of nitrogens with zero attached hydrogens (tertiary/aromatic N) is 3. The summed E-state index contributed by atoms with van der Waals surface area (Å²) in [4.78, 5) is 58.0. The maximum Gasteiger partial charge on any atom is 0.404 e. The van der Waals surface area contributed by atoms with Crippen LogP contribution in [-0.4, -0.2) is 81.7 Å². The first-order valence-corrected chi connectivity index (χ1v) is 12.4. The molecule has 6 N–H and O–H groups in total. The normalized spacial score (nSPS) is 18.8. The van der Waals surface area contributed by atoms with Crippen molar-refractivity contribution in [3.63, 3.8) is 0 Å². The molecule has 200 valence electrons. The van der Waals surface area contributed by atoms with Crippen molar-refractivity contribution < 1.29 is 46.5 Å². The van der Waals surface area contributed by atoms with Crippen molar-refractivity contribution in [1.82, 2.24) is 14.6 Å². The Bertz CT molecular complexity index is 1190. The number of nitrogens with one attached hydrogen (secondary N) is 1. The van der Waals surface area contributed by atoms with Gasteiger partial charge in [-0.25, -0.2) is 18.9 Å². The van der Waals surface area contributed by atoms with E-state index in [1.54, 1.807) is 20.8 Å². The molecular weight excluding hydrogens is 524 g/mol. The lowest BCUT2D eigenvalue weighted by atomic mass is 9.99. The number of rotatable bonds is 9. The van der Waals surface area contributed by atoms with Crippen molar-refractivity contribution in [2.45, 2.75) is 57.9 Å². The van der Waals surface area contributed by atoms with Crippen molar-refractivity contribution in [3.05, 3.63) is 11.1 Å². The van der Waals surface area contributed by atoms with Crippen molar-refractivity contribution in [2.75, 3.05) is 12.3 Å². The summed E-state index contributed by atoms with van der Waals surface area (Å²) in [5.41, 5.74) is 7.39. The van der Waals surface area contributed by atoms with Gasteiger partial charge in [-0.3, -0.25) is 14.1 Å². The smallest absolute Gasteiger partial charge is 0.404 e. The molecule has 0 spiro atoms. The van der Waals surface area contributed by atoms with E-state index in [9.17, 15) is 32.1 Å². The Morgan fingerprint density at radius 1 is 1.28 bits per heavy atom. The van der Waals surface area contributed by atoms with Crippen LogP contribution >= 0.6 is 11.3 Å². The molecule has 1 aromatic heterocycles. The lowest BCUT2D eigenvalue weighted by Crippen LogP contribution is -2.73. The molecule has 1 aliphatic heterocycles. The van der Waals surface area contributed by atoms with Gasteiger partial charge in [0.25, 0.3) is 11.8 Å². The Hall–Kier alpha value is -3.51. The number of aromatic nitrogens is 1. The number of nitrogen functional groups attached to an aromatic ring is 1. The van der Waals surface area contributed by atoms with Gasteiger partial charge in [-0.05, 0) is 34.6 Å². The number of esters is 1. The number of primary amides is 1. The topological polar surface area (TPSA) is 243 Å². The maximum absolute atomic E-state index is 13.0. The van der Waals surface area contributed by atoms with Gasteiger partial charge in [0.1, 0.15) is 30.0 Å². The number of amides is 3. The molecule has 0 bridgehead atoms. The second-order valence-electron chi connectivity index (χ2n) is 8.87. The number of hydrogen-bond acceptors (Lipinski definition) is 13. The molecule has 0 radical (unpaired) electrons. The molecular formula is C18H26N6O10S2. The number of ether oxygens (including phenoxy) is 2. The van der Waals surface area contributed by atoms with Crippen LogP contribution in [0.25, 0.3) is 0 Å². The third-order valence-electron chi connectivity index (χ3n) is 4.34. The summed E-state index contributed by atoms with van der Waals surface area (Å²) >= 11 is 0.952. The van der Waals surface area contributed by atoms with E-state index in [4.69, 9.17) is 21.0 Å². The standard InChI is InChI=1S/C18H26N6O10S2/c1-17(2,3)33-14(27)18(4,5)34-23-10(8-7-35-15(19)21-8)12(25)22-11-9(6-32-16(20)28)24(13(11)26)36(29,30)31/h7,9,11H,6H2,1-5H3,(H2,19,21)(H2,20,28)(H,22,25)(H,29,30,31)/b23-10+/t9-,11+/m1/s1. The minimum absolute atomic E-state index is 0.0145. The third-order valence-corrected chi connectivity index (χ3v) is 5.96. The van der Waals surface area contributed by atoms with Gasteiger partial charge in [0, 0.05) is 5.38 Å². The second-order valence-corrected chi connectivity index (χ2v) is 11.1. The molecule has 1 fully saturated rings. The average molecular weight is 551 g/mol. The van der Waals surface area contributed by atoms with E-state index in [1.807, 2.05) is 0 Å². The lowest BCUT2D eigenvalue weighted by molar-refractivity contribution is -0.179. The van der Waals surface area contributed by atoms with E-state index in [0.717, 1.165) is 11.3 Å². The summed E-state index contributed by atoms with van der Waals surface area (Å²) in [6, 6.07) is -3.08. The number of β-lactam (4-membered cyclic amide) rings is 1. The van der Waals surface area contributed by atoms with Crippen LogP contribution in [0.1, 0.15) is 40.3 Å². The Morgan fingerprint density at radius 2 is 1.89 bits per heavy atom. The first kappa shape index (κ1) is 28.7. The fourth-order valence-electron chi connectivity index (χ4n) is 2.70. The third kappa shape index (κ3) is 7.01. The Morgan fingerprint density at radius 3 is 2.36 bits per heavy atom. The van der Waals surface area contributed by atoms with Crippen molar-refractivity contribution >= 4 is 56.4 Å². The van der Waals surface area contributed by atoms with Gasteiger partial charge in [-0.1, -0.05) is 5.16 Å². The molecule has 0 unspecified atom stereocenters. The number of carbonyl (C=O) groups excluding carboxylic acids is 4. The molecule has 0 aliphatic carbocycles. The SMILES string of the molecule is CC(C)(C)OC(=O)C(C)(C)O/N=C(/C(=O)N[C@@H]1C(=O)N(S(=O)(=O)O)[C@@H]1COC(N)=O)c1csc(N)n1. The van der Waals surface area contributed by atoms with Crippen molar-refractivity contribution in [2.24, 2.45) is 10.9 Å². The van der Waals surface area contributed by atoms with Crippen LogP contribution in [0.15, 0.2) is 10.5 Å². The number of anilines is 1. The zero-order valence-corrected chi connectivity index (χ0v) is 21.5. The molecule has 1 aliphatic rings. The van der Waals surface area contributed by atoms with Crippen LogP contribution in [0.4, 0.5) is 9.93 Å². The number of nitrogens with two attached hydrogens (primary N) is 2. The Balaban J connectivity index is 2.32. The first-order valence-electron chi connectivity index (χ1n) is 10.1. The minimum atomic E-state index is -5.04. The van der Waals surface area contributed by atoms with Gasteiger partial charge in [-0.2, -0.15) is 8.42 Å². The van der Waals surface area contributed by atoms with Crippen LogP contribution in [0, 0.1) is 0 Å². The van der Waals surface area contributed by atoms with E-state index in [0.29, 0.717) is 0 Å². The van der Waals surface area contributed by atoms with Crippen LogP contribution in [-0.2, 0) is 39.0 Å². The quantitative estimate of drug-likeness (QED) is 0.0966. The maximum atomic E-state index is 13.0. The van der Waals surface area contributed by atoms with Crippen LogP contribution < -0.4 is 16.8 Å². The van der Waals surface area contributed by atoms with Gasteiger partial charge in [-0.15, -0.1) is 11.3 Å². The van der Waals surface area contributed by atoms with E-state index in [2.05, 4.69) is 20.2 Å². The predicted octanol–water partition coefficient (Wildman–Crippen LogP) is -0.840. The molecule has 0 aromatic carbocycles. The molecule has 2 rings (SSSR count). The summed E-state index contributed by atoms with van der Waals surface area (Å²) in [5, 5.41) is 7.34. The highest BCUT2D eigenvalue weighted by molar-refractivity contribution is 7.84. The monoisotopic (exact) mass is 550 g/mol. The summed E-state index contributed by atoms with van der Waals surface area (Å²) < 4.78 is 42.1. The fraction of sp³-hybridized carbons (Fsp3) is 0.556. The summed E-state index contributed by atoms with van der Waals surface area (Å²) in [7, 11) is -5.04. The van der Waals surface area contributed by atoms with Crippen LogP contribution in [0.2, 0.25) is 0 Å². The summed E-state index contributed by atoms with van der Waals surface area (Å²) in [5.74, 6) is -3.10. The summed E-state index contributed by atoms with van der Waals surface area (Å²) in [6.45, 7) is 6.85. The molecule has 18 heteroatoms. The zero-order chi connectivity index (χ0) is 27.6. The highest BCUT2D eigenvalue weighted by atomic mass is 32.2.